The van der Waals surface area contributed by atoms with Crippen molar-refractivity contribution in [3.05, 3.63) is 0 Å². The molecule has 1 nitrogen and oxygen atoms in total. The van der Waals surface area contributed by atoms with Crippen LogP contribution in [0.5, 0.6) is 0 Å². The van der Waals surface area contributed by atoms with Gasteiger partial charge in [-0.2, -0.15) is 0 Å². The molecule has 0 saturated carbocycles. The summed E-state index contributed by atoms with van der Waals surface area (Å²) in [6.45, 7) is 1.13. The summed E-state index contributed by atoms with van der Waals surface area (Å²) in [6, 6.07) is 0. The average Bonchev–Trinajstić information content (AvgIpc) is 2.17. The molecule has 0 spiro atoms. The molecule has 0 fully saturated rings. The van der Waals surface area contributed by atoms with Crippen molar-refractivity contribution in [1.29, 1.82) is 0 Å². The molecule has 0 bridgehead atoms. The van der Waals surface area contributed by atoms with Crippen molar-refractivity contribution in [3.63, 3.8) is 0 Å². The van der Waals surface area contributed by atoms with E-state index in [1.54, 1.807) is 19.7 Å². The molecule has 15 heavy (non-hydrogen) atoms. The highest BCUT2D eigenvalue weighted by Gasteiger charge is 2.04. The average molecular weight is 359 g/mol. The van der Waals surface area contributed by atoms with Gasteiger partial charge in [-0.1, -0.05) is 37.8 Å². The first-order valence-electron chi connectivity index (χ1n) is 4.35. The molecule has 0 rings (SSSR count). The van der Waals surface area contributed by atoms with Crippen molar-refractivity contribution in [1.82, 2.24) is 0 Å². The van der Waals surface area contributed by atoms with Gasteiger partial charge in [0.15, 0.2) is 0 Å². The Balaban J connectivity index is 3.47. The van der Waals surface area contributed by atoms with Crippen LogP contribution in [0, 0.1) is 0 Å². The van der Waals surface area contributed by atoms with Crippen LogP contribution in [-0.4, -0.2) is 6.61 Å². The van der Waals surface area contributed by atoms with E-state index >= 15 is 0 Å². The Kier molecular flexibility index (Phi) is 13.5. The number of hydrogen-bond acceptors (Lipinski definition) is 8. The molecule has 0 aromatic heterocycles. The van der Waals surface area contributed by atoms with E-state index in [0.717, 1.165) is 6.42 Å². The first-order chi connectivity index (χ1) is 7.12. The van der Waals surface area contributed by atoms with Crippen molar-refractivity contribution >= 4 is 79.8 Å². The fourth-order valence-electron chi connectivity index (χ4n) is 0.767. The summed E-state index contributed by atoms with van der Waals surface area (Å²) >= 11 is 14.4. The number of unbranched alkanes of at least 4 members (excludes halogenated alkanes) is 3. The lowest BCUT2D eigenvalue weighted by molar-refractivity contribution is 0.356. The molecule has 0 amide bonds. The van der Waals surface area contributed by atoms with Gasteiger partial charge in [-0.15, -0.1) is 0 Å². The van der Waals surface area contributed by atoms with E-state index in [-0.39, 0.29) is 0 Å². The molecule has 0 aliphatic heterocycles. The third-order valence-electron chi connectivity index (χ3n) is 1.39. The van der Waals surface area contributed by atoms with E-state index in [4.69, 9.17) is 26.6 Å². The Labute approximate surface area is 122 Å². The molecule has 0 aromatic carbocycles. The standard InChI is InChI=1S/C6H14OS8/c1-2-3-4-5-6-7-15(9,10)14-13-12-11-8/h8H,2-6H2,1H3. The van der Waals surface area contributed by atoms with E-state index in [1.165, 1.54) is 38.9 Å². The minimum Gasteiger partial charge on any atom is -0.301 e. The topological polar surface area (TPSA) is 9.23 Å². The second-order valence-corrected chi connectivity index (χ2v) is 17.0. The van der Waals surface area contributed by atoms with Crippen LogP contribution in [0.3, 0.4) is 0 Å². The molecular formula is C6H14OS8. The molecule has 0 aliphatic carbocycles. The van der Waals surface area contributed by atoms with Gasteiger partial charge in [-0.05, 0) is 48.4 Å². The van der Waals surface area contributed by atoms with Gasteiger partial charge in [0.25, 0.3) is 0 Å². The number of hydrogen-bond donors (Lipinski definition) is 1. The fraction of sp³-hybridized carbons (Fsp3) is 1.00. The lowest BCUT2D eigenvalue weighted by atomic mass is 10.2. The highest BCUT2D eigenvalue weighted by atomic mass is 33.9. The first kappa shape index (κ1) is 17.5. The van der Waals surface area contributed by atoms with Crippen LogP contribution >= 0.6 is 51.0 Å². The van der Waals surface area contributed by atoms with Gasteiger partial charge >= 0.3 is 0 Å². The molecule has 0 atom stereocenters. The lowest BCUT2D eigenvalue weighted by Gasteiger charge is -2.08. The Morgan fingerprint density at radius 3 is 2.53 bits per heavy atom. The van der Waals surface area contributed by atoms with Gasteiger partial charge in [-0.25, -0.2) is 0 Å². The largest absolute Gasteiger partial charge is 0.301 e. The minimum atomic E-state index is -1.76. The van der Waals surface area contributed by atoms with Gasteiger partial charge in [0.05, 0.1) is 13.1 Å². The van der Waals surface area contributed by atoms with Gasteiger partial charge in [0.1, 0.15) is 0 Å². The Morgan fingerprint density at radius 2 is 1.93 bits per heavy atom. The van der Waals surface area contributed by atoms with Gasteiger partial charge in [0, 0.05) is 19.7 Å². The Bertz CT molecular complexity index is 225. The van der Waals surface area contributed by atoms with Crippen LogP contribution in [-0.2, 0) is 33.0 Å². The van der Waals surface area contributed by atoms with Gasteiger partial charge in [-0.3, -0.25) is 0 Å². The lowest BCUT2D eigenvalue weighted by Crippen LogP contribution is -1.98. The molecule has 0 saturated heterocycles. The third-order valence-corrected chi connectivity index (χ3v) is 14.8. The van der Waals surface area contributed by atoms with E-state index in [9.17, 15) is 0 Å². The molecule has 0 radical (unpaired) electrons. The SMILES string of the molecule is CCCCCCOS(=S)(=S)SSSSS. The summed E-state index contributed by atoms with van der Waals surface area (Å²) in [4.78, 5) is 0. The minimum absolute atomic E-state index is 0.703. The molecule has 0 heterocycles. The third kappa shape index (κ3) is 12.7. The summed E-state index contributed by atoms with van der Waals surface area (Å²) in [6.07, 6.45) is 4.76. The van der Waals surface area contributed by atoms with Crippen molar-refractivity contribution in [2.24, 2.45) is 0 Å². The highest BCUT2D eigenvalue weighted by molar-refractivity contribution is 9.42. The zero-order valence-electron chi connectivity index (χ0n) is 8.25. The quantitative estimate of drug-likeness (QED) is 0.329. The van der Waals surface area contributed by atoms with Crippen LogP contribution in [0.4, 0.5) is 0 Å². The maximum atomic E-state index is 5.53. The molecule has 0 N–H and O–H groups in total. The predicted octanol–water partition coefficient (Wildman–Crippen LogP) is 5.01. The van der Waals surface area contributed by atoms with Crippen LogP contribution in [0.15, 0.2) is 0 Å². The Hall–Kier alpha value is 2.50. The second kappa shape index (κ2) is 11.6. The van der Waals surface area contributed by atoms with Crippen LogP contribution in [0.25, 0.3) is 0 Å². The molecule has 0 aromatic rings. The fourth-order valence-corrected chi connectivity index (χ4v) is 14.4. The molecule has 0 unspecified atom stereocenters. The van der Waals surface area contributed by atoms with Crippen LogP contribution in [0.1, 0.15) is 32.6 Å². The van der Waals surface area contributed by atoms with Crippen molar-refractivity contribution in [3.8, 4) is 0 Å². The predicted molar refractivity (Wildman–Crippen MR) is 91.5 cm³/mol. The molecule has 92 valence electrons. The van der Waals surface area contributed by atoms with Crippen LogP contribution in [0.2, 0.25) is 0 Å². The van der Waals surface area contributed by atoms with E-state index in [1.807, 2.05) is 0 Å². The number of thiol groups is 1. The summed E-state index contributed by atoms with van der Waals surface area (Å²) in [7, 11) is 5.97. The van der Waals surface area contributed by atoms with Crippen molar-refractivity contribution in [2.45, 2.75) is 32.6 Å². The van der Waals surface area contributed by atoms with E-state index < -0.39 is 6.46 Å². The summed E-state index contributed by atoms with van der Waals surface area (Å²) in [5.74, 6) is 0. The van der Waals surface area contributed by atoms with E-state index in [2.05, 4.69) is 18.6 Å². The summed E-state index contributed by atoms with van der Waals surface area (Å²) in [5.41, 5.74) is 0. The van der Waals surface area contributed by atoms with Crippen molar-refractivity contribution in [2.75, 3.05) is 6.61 Å². The Morgan fingerprint density at radius 1 is 1.20 bits per heavy atom. The zero-order chi connectivity index (χ0) is 11.6. The maximum Gasteiger partial charge on any atom is 0.0820 e. The van der Waals surface area contributed by atoms with Gasteiger partial charge < -0.3 is 4.18 Å². The zero-order valence-corrected chi connectivity index (χ0v) is 14.9. The molecule has 0 aliphatic rings. The number of rotatable bonds is 10. The highest BCUT2D eigenvalue weighted by Crippen LogP contribution is 2.47. The second-order valence-electron chi connectivity index (χ2n) is 2.57. The monoisotopic (exact) mass is 358 g/mol. The first-order valence-corrected chi connectivity index (χ1v) is 14.1. The smallest absolute Gasteiger partial charge is 0.0820 e. The van der Waals surface area contributed by atoms with Crippen molar-refractivity contribution < 1.29 is 4.18 Å². The summed E-state index contributed by atoms with van der Waals surface area (Å²) < 4.78 is 5.53. The molecular weight excluding hydrogens is 345 g/mol. The van der Waals surface area contributed by atoms with E-state index in [0.29, 0.717) is 6.61 Å². The maximum absolute atomic E-state index is 5.53. The molecule has 9 heteroatoms. The normalized spacial score (nSPS) is 11.9. The summed E-state index contributed by atoms with van der Waals surface area (Å²) in [5, 5.41) is 0. The van der Waals surface area contributed by atoms with Crippen LogP contribution < -0.4 is 0 Å². The van der Waals surface area contributed by atoms with Gasteiger partial charge in [0.2, 0.25) is 0 Å².